The lowest BCUT2D eigenvalue weighted by molar-refractivity contribution is -0.220. The molecule has 0 aromatic carbocycles. The molecule has 2 heteroatoms. The van der Waals surface area contributed by atoms with E-state index in [0.29, 0.717) is 0 Å². The van der Waals surface area contributed by atoms with Crippen LogP contribution in [0.1, 0.15) is 33.1 Å². The van der Waals surface area contributed by atoms with Crippen LogP contribution in [0.3, 0.4) is 0 Å². The second kappa shape index (κ2) is 3.35. The molecular weight excluding hydrogens is 128 g/mol. The van der Waals surface area contributed by atoms with Gasteiger partial charge in [-0.15, -0.1) is 0 Å². The van der Waals surface area contributed by atoms with Gasteiger partial charge in [-0.05, 0) is 33.1 Å². The Labute approximate surface area is 62.5 Å². The third kappa shape index (κ3) is 2.67. The van der Waals surface area contributed by atoms with E-state index in [9.17, 15) is 0 Å². The molecule has 0 aromatic heterocycles. The molecule has 0 N–H and O–H groups in total. The van der Waals surface area contributed by atoms with Gasteiger partial charge in [-0.3, -0.25) is 0 Å². The van der Waals surface area contributed by atoms with Gasteiger partial charge in [0.1, 0.15) is 0 Å². The smallest absolute Gasteiger partial charge is 0.162 e. The Bertz CT molecular complexity index is 89.4. The minimum Gasteiger partial charge on any atom is -0.351 e. The van der Waals surface area contributed by atoms with Crippen molar-refractivity contribution in [2.45, 2.75) is 38.9 Å². The standard InChI is InChI=1S/C8H16O2/c1-8(2)9-6-4-3-5-7-10-8/h3-7H2,1-2H3. The highest BCUT2D eigenvalue weighted by molar-refractivity contribution is 4.56. The Morgan fingerprint density at radius 3 is 1.90 bits per heavy atom. The monoisotopic (exact) mass is 144 g/mol. The Morgan fingerprint density at radius 2 is 1.40 bits per heavy atom. The molecule has 1 rings (SSSR count). The van der Waals surface area contributed by atoms with Gasteiger partial charge in [0.15, 0.2) is 5.79 Å². The van der Waals surface area contributed by atoms with Gasteiger partial charge in [-0.25, -0.2) is 0 Å². The van der Waals surface area contributed by atoms with Crippen LogP contribution in [0.25, 0.3) is 0 Å². The summed E-state index contributed by atoms with van der Waals surface area (Å²) in [7, 11) is 0. The Kier molecular flexibility index (Phi) is 2.69. The van der Waals surface area contributed by atoms with Crippen molar-refractivity contribution in [2.75, 3.05) is 13.2 Å². The van der Waals surface area contributed by atoms with E-state index >= 15 is 0 Å². The molecule has 0 unspecified atom stereocenters. The fourth-order valence-corrected chi connectivity index (χ4v) is 1.06. The van der Waals surface area contributed by atoms with E-state index in [1.807, 2.05) is 13.8 Å². The summed E-state index contributed by atoms with van der Waals surface area (Å²) in [5.74, 6) is -0.347. The summed E-state index contributed by atoms with van der Waals surface area (Å²) < 4.78 is 10.9. The van der Waals surface area contributed by atoms with Crippen LogP contribution in [-0.2, 0) is 9.47 Å². The van der Waals surface area contributed by atoms with Crippen LogP contribution in [0.4, 0.5) is 0 Å². The predicted octanol–water partition coefficient (Wildman–Crippen LogP) is 1.94. The summed E-state index contributed by atoms with van der Waals surface area (Å²) in [5, 5.41) is 0. The van der Waals surface area contributed by atoms with Gasteiger partial charge in [0.2, 0.25) is 0 Å². The molecule has 1 aliphatic rings. The average molecular weight is 144 g/mol. The minimum absolute atomic E-state index is 0.347. The first kappa shape index (κ1) is 8.02. The Balaban J connectivity index is 2.30. The Hall–Kier alpha value is -0.0800. The number of ether oxygens (including phenoxy) is 2. The Morgan fingerprint density at radius 1 is 0.900 bits per heavy atom. The molecule has 0 aliphatic carbocycles. The SMILES string of the molecule is CC1(C)OCCCCCO1. The molecule has 0 radical (unpaired) electrons. The molecule has 0 amide bonds. The van der Waals surface area contributed by atoms with Crippen LogP contribution in [0.15, 0.2) is 0 Å². The summed E-state index contributed by atoms with van der Waals surface area (Å²) in [5.41, 5.74) is 0. The third-order valence-corrected chi connectivity index (χ3v) is 1.69. The molecule has 60 valence electrons. The molecule has 0 saturated carbocycles. The van der Waals surface area contributed by atoms with E-state index in [1.165, 1.54) is 19.3 Å². The second-order valence-corrected chi connectivity index (χ2v) is 3.16. The van der Waals surface area contributed by atoms with Gasteiger partial charge >= 0.3 is 0 Å². The molecule has 1 aliphatic heterocycles. The fourth-order valence-electron chi connectivity index (χ4n) is 1.06. The number of rotatable bonds is 0. The van der Waals surface area contributed by atoms with Crippen LogP contribution in [0.5, 0.6) is 0 Å². The van der Waals surface area contributed by atoms with Crippen molar-refractivity contribution in [1.29, 1.82) is 0 Å². The quantitative estimate of drug-likeness (QED) is 0.517. The zero-order chi connectivity index (χ0) is 7.45. The highest BCUT2D eigenvalue weighted by atomic mass is 16.7. The van der Waals surface area contributed by atoms with Crippen LogP contribution >= 0.6 is 0 Å². The molecule has 0 spiro atoms. The van der Waals surface area contributed by atoms with E-state index in [1.54, 1.807) is 0 Å². The van der Waals surface area contributed by atoms with E-state index in [0.717, 1.165) is 13.2 Å². The van der Waals surface area contributed by atoms with Crippen LogP contribution in [0.2, 0.25) is 0 Å². The van der Waals surface area contributed by atoms with Crippen molar-refractivity contribution >= 4 is 0 Å². The van der Waals surface area contributed by atoms with Crippen molar-refractivity contribution in [3.05, 3.63) is 0 Å². The molecule has 0 aromatic rings. The maximum absolute atomic E-state index is 5.45. The summed E-state index contributed by atoms with van der Waals surface area (Å²) >= 11 is 0. The van der Waals surface area contributed by atoms with Crippen molar-refractivity contribution in [2.24, 2.45) is 0 Å². The summed E-state index contributed by atoms with van der Waals surface area (Å²) in [6.45, 7) is 5.62. The van der Waals surface area contributed by atoms with Crippen LogP contribution in [0, 0.1) is 0 Å². The minimum atomic E-state index is -0.347. The summed E-state index contributed by atoms with van der Waals surface area (Å²) in [4.78, 5) is 0. The zero-order valence-electron chi connectivity index (χ0n) is 6.85. The first-order valence-electron chi connectivity index (χ1n) is 3.99. The number of hydrogen-bond acceptors (Lipinski definition) is 2. The largest absolute Gasteiger partial charge is 0.351 e. The summed E-state index contributed by atoms with van der Waals surface area (Å²) in [6, 6.07) is 0. The highest BCUT2D eigenvalue weighted by Gasteiger charge is 2.19. The molecule has 1 saturated heterocycles. The highest BCUT2D eigenvalue weighted by Crippen LogP contribution is 2.15. The zero-order valence-corrected chi connectivity index (χ0v) is 6.85. The lowest BCUT2D eigenvalue weighted by atomic mass is 10.2. The first-order valence-corrected chi connectivity index (χ1v) is 3.99. The molecule has 0 bridgehead atoms. The van der Waals surface area contributed by atoms with Gasteiger partial charge in [0, 0.05) is 13.2 Å². The van der Waals surface area contributed by atoms with E-state index < -0.39 is 0 Å². The molecule has 1 heterocycles. The average Bonchev–Trinajstić information content (AvgIpc) is 1.81. The normalized spacial score (nSPS) is 27.0. The lowest BCUT2D eigenvalue weighted by Crippen LogP contribution is -2.30. The third-order valence-electron chi connectivity index (χ3n) is 1.69. The maximum atomic E-state index is 5.45. The molecule has 0 atom stereocenters. The van der Waals surface area contributed by atoms with E-state index in [4.69, 9.17) is 9.47 Å². The van der Waals surface area contributed by atoms with Gasteiger partial charge in [0.05, 0.1) is 0 Å². The predicted molar refractivity (Wildman–Crippen MR) is 39.8 cm³/mol. The maximum Gasteiger partial charge on any atom is 0.162 e. The van der Waals surface area contributed by atoms with Crippen molar-refractivity contribution in [3.63, 3.8) is 0 Å². The summed E-state index contributed by atoms with van der Waals surface area (Å²) in [6.07, 6.45) is 3.58. The molecule has 10 heavy (non-hydrogen) atoms. The van der Waals surface area contributed by atoms with Crippen LogP contribution < -0.4 is 0 Å². The second-order valence-electron chi connectivity index (χ2n) is 3.16. The molecule has 2 nitrogen and oxygen atoms in total. The van der Waals surface area contributed by atoms with Crippen molar-refractivity contribution in [3.8, 4) is 0 Å². The van der Waals surface area contributed by atoms with Gasteiger partial charge in [0.25, 0.3) is 0 Å². The van der Waals surface area contributed by atoms with E-state index in [-0.39, 0.29) is 5.79 Å². The molecule has 1 fully saturated rings. The van der Waals surface area contributed by atoms with Crippen molar-refractivity contribution in [1.82, 2.24) is 0 Å². The van der Waals surface area contributed by atoms with Crippen LogP contribution in [-0.4, -0.2) is 19.0 Å². The van der Waals surface area contributed by atoms with Crippen molar-refractivity contribution < 1.29 is 9.47 Å². The van der Waals surface area contributed by atoms with Gasteiger partial charge in [-0.2, -0.15) is 0 Å². The number of hydrogen-bond donors (Lipinski definition) is 0. The lowest BCUT2D eigenvalue weighted by Gasteiger charge is -2.27. The topological polar surface area (TPSA) is 18.5 Å². The van der Waals surface area contributed by atoms with E-state index in [2.05, 4.69) is 0 Å². The fraction of sp³-hybridized carbons (Fsp3) is 1.00. The first-order chi connectivity index (χ1) is 4.71. The van der Waals surface area contributed by atoms with Gasteiger partial charge in [-0.1, -0.05) is 0 Å². The van der Waals surface area contributed by atoms with Gasteiger partial charge < -0.3 is 9.47 Å². The molecular formula is C8H16O2.